The Hall–Kier alpha value is -3.66. The molecule has 31 heavy (non-hydrogen) atoms. The lowest BCUT2D eigenvalue weighted by molar-refractivity contribution is -0.141. The highest BCUT2D eigenvalue weighted by atomic mass is 32.1. The van der Waals surface area contributed by atoms with Gasteiger partial charge >= 0.3 is 11.9 Å². The topological polar surface area (TPSA) is 105 Å². The van der Waals surface area contributed by atoms with Crippen molar-refractivity contribution in [2.24, 2.45) is 4.99 Å². The van der Waals surface area contributed by atoms with Crippen LogP contribution in [0.1, 0.15) is 10.4 Å². The zero-order valence-corrected chi connectivity index (χ0v) is 17.9. The number of amides is 1. The normalized spacial score (nSPS) is 11.3. The van der Waals surface area contributed by atoms with Gasteiger partial charge in [0.1, 0.15) is 18.0 Å². The van der Waals surface area contributed by atoms with Crippen LogP contribution in [-0.2, 0) is 25.6 Å². The van der Waals surface area contributed by atoms with Crippen molar-refractivity contribution >= 4 is 39.4 Å². The maximum Gasteiger partial charge on any atom is 0.337 e. The first kappa shape index (κ1) is 22.0. The Morgan fingerprint density at radius 1 is 0.968 bits per heavy atom. The van der Waals surface area contributed by atoms with Gasteiger partial charge in [0.2, 0.25) is 0 Å². The number of hydrogen-bond donors (Lipinski definition) is 0. The lowest BCUT2D eigenvalue weighted by Gasteiger charge is -2.05. The average Bonchev–Trinajstić information content (AvgIpc) is 3.13. The smallest absolute Gasteiger partial charge is 0.337 e. The Morgan fingerprint density at radius 2 is 1.68 bits per heavy atom. The minimum atomic E-state index is -0.533. The number of benzene rings is 2. The van der Waals surface area contributed by atoms with Crippen molar-refractivity contribution in [2.75, 3.05) is 27.9 Å². The van der Waals surface area contributed by atoms with Crippen LogP contribution in [0.2, 0.25) is 0 Å². The Bertz CT molecular complexity index is 1180. The van der Waals surface area contributed by atoms with E-state index in [1.165, 1.54) is 14.2 Å². The number of hydrogen-bond acceptors (Lipinski definition) is 8. The van der Waals surface area contributed by atoms with Gasteiger partial charge in [-0.3, -0.25) is 9.59 Å². The van der Waals surface area contributed by atoms with Crippen molar-refractivity contribution in [1.29, 1.82) is 0 Å². The number of methoxy groups -OCH3 is 3. The Kier molecular flexibility index (Phi) is 7.03. The van der Waals surface area contributed by atoms with E-state index >= 15 is 0 Å². The Balaban J connectivity index is 1.90. The highest BCUT2D eigenvalue weighted by Crippen LogP contribution is 2.20. The molecule has 0 unspecified atom stereocenters. The first-order chi connectivity index (χ1) is 14.9. The predicted molar refractivity (Wildman–Crippen MR) is 112 cm³/mol. The van der Waals surface area contributed by atoms with E-state index < -0.39 is 17.8 Å². The zero-order chi connectivity index (χ0) is 22.4. The molecule has 1 aromatic heterocycles. The van der Waals surface area contributed by atoms with E-state index in [-0.39, 0.29) is 18.0 Å². The predicted octanol–water partition coefficient (Wildman–Crippen LogP) is 2.18. The summed E-state index contributed by atoms with van der Waals surface area (Å²) in [6.45, 7) is -0.425. The molecular weight excluding hydrogens is 424 g/mol. The summed E-state index contributed by atoms with van der Waals surface area (Å²) in [5.41, 5.74) is 0.979. The molecule has 1 heterocycles. The third kappa shape index (κ3) is 5.28. The van der Waals surface area contributed by atoms with Gasteiger partial charge < -0.3 is 23.5 Å². The maximum atomic E-state index is 12.4. The monoisotopic (exact) mass is 444 g/mol. The van der Waals surface area contributed by atoms with Gasteiger partial charge in [0.05, 0.1) is 37.1 Å². The van der Waals surface area contributed by atoms with Gasteiger partial charge in [0, 0.05) is 0 Å². The standard InChI is InChI=1S/C21H20N2O7S/c1-27-14-5-7-15(8-6-14)30-12-18(24)22-21-23(11-19(25)28-2)16-9-4-13(20(26)29-3)10-17(16)31-21/h4-10H,11-12H2,1-3H3. The van der Waals surface area contributed by atoms with Gasteiger partial charge in [-0.05, 0) is 42.5 Å². The quantitative estimate of drug-likeness (QED) is 0.514. The number of ether oxygens (including phenoxy) is 4. The number of carbonyl (C=O) groups excluding carboxylic acids is 3. The van der Waals surface area contributed by atoms with E-state index in [1.807, 2.05) is 0 Å². The number of fused-ring (bicyclic) bond motifs is 1. The summed E-state index contributed by atoms with van der Waals surface area (Å²) < 4.78 is 22.2. The van der Waals surface area contributed by atoms with Crippen LogP contribution < -0.4 is 14.3 Å². The van der Waals surface area contributed by atoms with Crippen molar-refractivity contribution in [2.45, 2.75) is 6.54 Å². The summed E-state index contributed by atoms with van der Waals surface area (Å²) in [5.74, 6) is -0.360. The Morgan fingerprint density at radius 3 is 2.32 bits per heavy atom. The maximum absolute atomic E-state index is 12.4. The first-order valence-corrected chi connectivity index (χ1v) is 9.89. The first-order valence-electron chi connectivity index (χ1n) is 9.08. The molecule has 9 nitrogen and oxygen atoms in total. The van der Waals surface area contributed by atoms with Crippen molar-refractivity contribution in [3.8, 4) is 11.5 Å². The van der Waals surface area contributed by atoms with Gasteiger partial charge in [-0.25, -0.2) is 4.79 Å². The van der Waals surface area contributed by atoms with Crippen LogP contribution in [0, 0.1) is 0 Å². The van der Waals surface area contributed by atoms with Crippen LogP contribution in [0.25, 0.3) is 10.2 Å². The SMILES string of the molecule is COC(=O)Cn1c(=NC(=O)COc2ccc(OC)cc2)sc2cc(C(=O)OC)ccc21. The van der Waals surface area contributed by atoms with Crippen LogP contribution >= 0.6 is 11.3 Å². The fraction of sp³-hybridized carbons (Fsp3) is 0.238. The minimum Gasteiger partial charge on any atom is -0.497 e. The van der Waals surface area contributed by atoms with Crippen molar-refractivity contribution < 1.29 is 33.3 Å². The molecule has 0 bridgehead atoms. The summed E-state index contributed by atoms with van der Waals surface area (Å²) in [5, 5.41) is 0. The van der Waals surface area contributed by atoms with Crippen LogP contribution in [0.5, 0.6) is 11.5 Å². The second-order valence-corrected chi connectivity index (χ2v) is 7.20. The van der Waals surface area contributed by atoms with Gasteiger partial charge in [-0.15, -0.1) is 0 Å². The van der Waals surface area contributed by atoms with E-state index in [1.54, 1.807) is 54.1 Å². The largest absolute Gasteiger partial charge is 0.497 e. The summed E-state index contributed by atoms with van der Waals surface area (Å²) >= 11 is 1.16. The summed E-state index contributed by atoms with van der Waals surface area (Å²) in [6.07, 6.45) is 0. The van der Waals surface area contributed by atoms with Crippen LogP contribution in [0.4, 0.5) is 0 Å². The van der Waals surface area contributed by atoms with E-state index in [2.05, 4.69) is 4.99 Å². The highest BCUT2D eigenvalue weighted by Gasteiger charge is 2.14. The number of rotatable bonds is 7. The summed E-state index contributed by atoms with van der Waals surface area (Å²) in [4.78, 5) is 40.5. The minimum absolute atomic E-state index is 0.139. The van der Waals surface area contributed by atoms with Gasteiger partial charge in [0.15, 0.2) is 11.4 Å². The molecule has 0 radical (unpaired) electrons. The van der Waals surface area contributed by atoms with Crippen molar-refractivity contribution in [3.63, 3.8) is 0 Å². The molecule has 1 amide bonds. The highest BCUT2D eigenvalue weighted by molar-refractivity contribution is 7.16. The Labute approximate surface area is 181 Å². The van der Waals surface area contributed by atoms with Gasteiger partial charge in [-0.1, -0.05) is 11.3 Å². The molecule has 10 heteroatoms. The molecule has 2 aromatic carbocycles. The average molecular weight is 444 g/mol. The van der Waals surface area contributed by atoms with E-state index in [9.17, 15) is 14.4 Å². The molecule has 0 aliphatic rings. The lowest BCUT2D eigenvalue weighted by Crippen LogP contribution is -2.23. The molecule has 0 atom stereocenters. The molecule has 3 rings (SSSR count). The molecule has 0 spiro atoms. The molecule has 0 saturated heterocycles. The molecule has 3 aromatic rings. The van der Waals surface area contributed by atoms with Crippen molar-refractivity contribution in [1.82, 2.24) is 4.57 Å². The second-order valence-electron chi connectivity index (χ2n) is 6.19. The third-order valence-electron chi connectivity index (χ3n) is 4.26. The zero-order valence-electron chi connectivity index (χ0n) is 17.1. The number of carbonyl (C=O) groups is 3. The fourth-order valence-electron chi connectivity index (χ4n) is 2.71. The van der Waals surface area contributed by atoms with Crippen LogP contribution in [0.3, 0.4) is 0 Å². The van der Waals surface area contributed by atoms with E-state index in [0.29, 0.717) is 27.3 Å². The second kappa shape index (κ2) is 9.90. The number of aromatic nitrogens is 1. The molecule has 162 valence electrons. The van der Waals surface area contributed by atoms with E-state index in [4.69, 9.17) is 18.9 Å². The summed E-state index contributed by atoms with van der Waals surface area (Å²) in [6, 6.07) is 11.6. The molecule has 0 aliphatic carbocycles. The van der Waals surface area contributed by atoms with Gasteiger partial charge in [-0.2, -0.15) is 4.99 Å². The molecule has 0 aliphatic heterocycles. The number of nitrogens with zero attached hydrogens (tertiary/aromatic N) is 2. The lowest BCUT2D eigenvalue weighted by atomic mass is 10.2. The molecule has 0 N–H and O–H groups in total. The third-order valence-corrected chi connectivity index (χ3v) is 5.30. The van der Waals surface area contributed by atoms with Crippen LogP contribution in [0.15, 0.2) is 47.5 Å². The molecular formula is C21H20N2O7S. The van der Waals surface area contributed by atoms with Gasteiger partial charge in [0.25, 0.3) is 5.91 Å². The fourth-order valence-corrected chi connectivity index (χ4v) is 3.79. The summed E-state index contributed by atoms with van der Waals surface area (Å²) in [7, 11) is 4.12. The molecule has 0 fully saturated rings. The molecule has 0 saturated carbocycles. The van der Waals surface area contributed by atoms with E-state index in [0.717, 1.165) is 11.3 Å². The number of thiazole rings is 1. The van der Waals surface area contributed by atoms with Crippen molar-refractivity contribution in [3.05, 3.63) is 52.8 Å². The van der Waals surface area contributed by atoms with Crippen LogP contribution in [-0.4, -0.2) is 50.3 Å². The number of esters is 2.